The molecule has 2 aliphatic carbocycles. The minimum atomic E-state index is 0.576. The molecule has 0 heterocycles. The average molecular weight is 178 g/mol. The van der Waals surface area contributed by atoms with Crippen LogP contribution in [0, 0.1) is 17.3 Å². The zero-order valence-electron chi connectivity index (χ0n) is 9.27. The molecule has 0 bridgehead atoms. The topological polar surface area (TPSA) is 0 Å². The monoisotopic (exact) mass is 178 g/mol. The van der Waals surface area contributed by atoms with Gasteiger partial charge in [0.05, 0.1) is 0 Å². The van der Waals surface area contributed by atoms with Crippen molar-refractivity contribution < 1.29 is 0 Å². The molecular weight excluding hydrogens is 156 g/mol. The van der Waals surface area contributed by atoms with Crippen molar-refractivity contribution in [1.82, 2.24) is 0 Å². The molecule has 2 aliphatic rings. The lowest BCUT2D eigenvalue weighted by molar-refractivity contribution is 0.225. The highest BCUT2D eigenvalue weighted by molar-refractivity contribution is 5.17. The van der Waals surface area contributed by atoms with Gasteiger partial charge in [0.25, 0.3) is 0 Å². The van der Waals surface area contributed by atoms with Gasteiger partial charge in [-0.15, -0.1) is 0 Å². The highest BCUT2D eigenvalue weighted by Gasteiger charge is 2.38. The van der Waals surface area contributed by atoms with E-state index in [2.05, 4.69) is 26.8 Å². The van der Waals surface area contributed by atoms with E-state index < -0.39 is 0 Å². The average Bonchev–Trinajstić information content (AvgIpc) is 2.36. The maximum atomic E-state index is 2.54. The van der Waals surface area contributed by atoms with Gasteiger partial charge in [-0.2, -0.15) is 0 Å². The number of fused-ring (bicyclic) bond motifs is 1. The van der Waals surface area contributed by atoms with E-state index in [1.54, 1.807) is 5.57 Å². The molecule has 1 fully saturated rings. The largest absolute Gasteiger partial charge is 0.0850 e. The van der Waals surface area contributed by atoms with Crippen LogP contribution in [0.1, 0.15) is 52.9 Å². The first-order valence-electron chi connectivity index (χ1n) is 5.78. The first-order valence-corrected chi connectivity index (χ1v) is 5.78. The van der Waals surface area contributed by atoms with E-state index in [-0.39, 0.29) is 0 Å². The Hall–Kier alpha value is -0.260. The lowest BCUT2D eigenvalue weighted by atomic mass is 9.74. The zero-order chi connectivity index (χ0) is 9.47. The molecule has 0 heteroatoms. The van der Waals surface area contributed by atoms with Crippen molar-refractivity contribution in [3.8, 4) is 0 Å². The van der Waals surface area contributed by atoms with Gasteiger partial charge in [0.2, 0.25) is 0 Å². The molecule has 13 heavy (non-hydrogen) atoms. The van der Waals surface area contributed by atoms with Gasteiger partial charge in [-0.1, -0.05) is 32.4 Å². The van der Waals surface area contributed by atoms with Crippen molar-refractivity contribution in [1.29, 1.82) is 0 Å². The van der Waals surface area contributed by atoms with E-state index in [0.717, 1.165) is 11.8 Å². The Morgan fingerprint density at radius 3 is 2.92 bits per heavy atom. The predicted molar refractivity (Wildman–Crippen MR) is 57.6 cm³/mol. The van der Waals surface area contributed by atoms with Crippen molar-refractivity contribution >= 4 is 0 Å². The zero-order valence-corrected chi connectivity index (χ0v) is 9.27. The third-order valence-electron chi connectivity index (χ3n) is 4.04. The maximum Gasteiger partial charge on any atom is -0.0149 e. The molecule has 2 unspecified atom stereocenters. The van der Waals surface area contributed by atoms with E-state index in [1.165, 1.54) is 32.1 Å². The van der Waals surface area contributed by atoms with Crippen LogP contribution in [0.4, 0.5) is 0 Å². The normalized spacial score (nSPS) is 37.9. The quantitative estimate of drug-likeness (QED) is 0.488. The van der Waals surface area contributed by atoms with Crippen LogP contribution >= 0.6 is 0 Å². The van der Waals surface area contributed by atoms with Gasteiger partial charge in [0.15, 0.2) is 0 Å². The molecule has 0 spiro atoms. The molecule has 0 amide bonds. The van der Waals surface area contributed by atoms with Gasteiger partial charge in [0.1, 0.15) is 0 Å². The summed E-state index contributed by atoms with van der Waals surface area (Å²) in [5.41, 5.74) is 2.36. The molecule has 1 saturated carbocycles. The van der Waals surface area contributed by atoms with Gasteiger partial charge >= 0.3 is 0 Å². The van der Waals surface area contributed by atoms with E-state index in [0.29, 0.717) is 5.41 Å². The second kappa shape index (κ2) is 3.15. The summed E-state index contributed by atoms with van der Waals surface area (Å²) >= 11 is 0. The van der Waals surface area contributed by atoms with Crippen molar-refractivity contribution in [2.75, 3.05) is 0 Å². The Morgan fingerprint density at radius 2 is 2.15 bits per heavy atom. The molecule has 0 aliphatic heterocycles. The fourth-order valence-electron chi connectivity index (χ4n) is 3.25. The summed E-state index contributed by atoms with van der Waals surface area (Å²) in [6.07, 6.45) is 9.53. The minimum Gasteiger partial charge on any atom is -0.0850 e. The smallest absolute Gasteiger partial charge is 0.0149 e. The molecule has 2 rings (SSSR count). The molecular formula is C13H22. The van der Waals surface area contributed by atoms with Crippen LogP contribution in [-0.2, 0) is 0 Å². The SMILES string of the molecule is CC1CC2=CCCCC(C)(C)C2C1. The molecule has 0 aromatic heterocycles. The number of hydrogen-bond donors (Lipinski definition) is 0. The van der Waals surface area contributed by atoms with Gasteiger partial charge in [-0.05, 0) is 49.4 Å². The van der Waals surface area contributed by atoms with Crippen LogP contribution in [0.2, 0.25) is 0 Å². The summed E-state index contributed by atoms with van der Waals surface area (Å²) in [4.78, 5) is 0. The predicted octanol–water partition coefficient (Wildman–Crippen LogP) is 4.17. The van der Waals surface area contributed by atoms with Crippen molar-refractivity contribution in [3.05, 3.63) is 11.6 Å². The number of rotatable bonds is 0. The van der Waals surface area contributed by atoms with E-state index in [4.69, 9.17) is 0 Å². The van der Waals surface area contributed by atoms with Crippen LogP contribution in [0.3, 0.4) is 0 Å². The number of allylic oxidation sites excluding steroid dienone is 2. The number of hydrogen-bond acceptors (Lipinski definition) is 0. The standard InChI is InChI=1S/C13H22/c1-10-8-11-6-4-5-7-13(2,3)12(11)9-10/h6,10,12H,4-5,7-9H2,1-3H3. The molecule has 0 aromatic rings. The lowest BCUT2D eigenvalue weighted by Crippen LogP contribution is -2.22. The van der Waals surface area contributed by atoms with Gasteiger partial charge < -0.3 is 0 Å². The summed E-state index contributed by atoms with van der Waals surface area (Å²) in [6, 6.07) is 0. The van der Waals surface area contributed by atoms with E-state index in [9.17, 15) is 0 Å². The fourth-order valence-corrected chi connectivity index (χ4v) is 3.25. The maximum absolute atomic E-state index is 2.54. The lowest BCUT2D eigenvalue weighted by Gasteiger charge is -2.31. The third kappa shape index (κ3) is 1.68. The molecule has 0 nitrogen and oxygen atoms in total. The molecule has 74 valence electrons. The third-order valence-corrected chi connectivity index (χ3v) is 4.04. The second-order valence-corrected chi connectivity index (χ2v) is 5.76. The van der Waals surface area contributed by atoms with Gasteiger partial charge in [0, 0.05) is 0 Å². The first kappa shape index (κ1) is 9.30. The molecule has 0 saturated heterocycles. The molecule has 0 N–H and O–H groups in total. The first-order chi connectivity index (χ1) is 6.09. The highest BCUT2D eigenvalue weighted by atomic mass is 14.4. The Bertz CT molecular complexity index is 222. The van der Waals surface area contributed by atoms with E-state index >= 15 is 0 Å². The highest BCUT2D eigenvalue weighted by Crippen LogP contribution is 2.49. The van der Waals surface area contributed by atoms with Crippen LogP contribution in [-0.4, -0.2) is 0 Å². The van der Waals surface area contributed by atoms with Crippen LogP contribution in [0.15, 0.2) is 11.6 Å². The van der Waals surface area contributed by atoms with Crippen LogP contribution in [0.25, 0.3) is 0 Å². The second-order valence-electron chi connectivity index (χ2n) is 5.76. The summed E-state index contributed by atoms with van der Waals surface area (Å²) in [7, 11) is 0. The summed E-state index contributed by atoms with van der Waals surface area (Å²) in [5, 5.41) is 0. The molecule has 2 atom stereocenters. The van der Waals surface area contributed by atoms with E-state index in [1.807, 2.05) is 0 Å². The molecule has 0 radical (unpaired) electrons. The van der Waals surface area contributed by atoms with Crippen molar-refractivity contribution in [2.45, 2.75) is 52.9 Å². The van der Waals surface area contributed by atoms with Gasteiger partial charge in [-0.25, -0.2) is 0 Å². The Balaban J connectivity index is 2.25. The van der Waals surface area contributed by atoms with Crippen molar-refractivity contribution in [3.63, 3.8) is 0 Å². The Morgan fingerprint density at radius 1 is 1.38 bits per heavy atom. The summed E-state index contributed by atoms with van der Waals surface area (Å²) in [6.45, 7) is 7.34. The van der Waals surface area contributed by atoms with Crippen LogP contribution in [0.5, 0.6) is 0 Å². The summed E-state index contributed by atoms with van der Waals surface area (Å²) in [5.74, 6) is 1.85. The minimum absolute atomic E-state index is 0.576. The summed E-state index contributed by atoms with van der Waals surface area (Å²) < 4.78 is 0. The van der Waals surface area contributed by atoms with Crippen LogP contribution < -0.4 is 0 Å². The molecule has 0 aromatic carbocycles. The fraction of sp³-hybridized carbons (Fsp3) is 0.846. The van der Waals surface area contributed by atoms with Crippen molar-refractivity contribution in [2.24, 2.45) is 17.3 Å². The van der Waals surface area contributed by atoms with Gasteiger partial charge in [-0.3, -0.25) is 0 Å². The Kier molecular flexibility index (Phi) is 2.25. The Labute approximate surface area is 82.4 Å².